The smallest absolute Gasteiger partial charge is 0.410 e. The fourth-order valence-electron chi connectivity index (χ4n) is 8.40. The fraction of sp³-hybridized carbons (Fsp3) is 0.541. The highest BCUT2D eigenvalue weighted by Crippen LogP contribution is 2.66. The van der Waals surface area contributed by atoms with Crippen LogP contribution in [0.3, 0.4) is 0 Å². The molecule has 13 heteroatoms. The molecule has 2 aliphatic carbocycles. The molecule has 50 heavy (non-hydrogen) atoms. The number of aromatic nitrogens is 1. The number of piperazine rings is 1. The molecule has 2 aliphatic heterocycles. The number of fused-ring (bicyclic) bond motifs is 7. The molecule has 2 unspecified atom stereocenters. The Bertz CT molecular complexity index is 2000. The summed E-state index contributed by atoms with van der Waals surface area (Å²) in [5.74, 6) is 0.374. The number of carbonyl (C=O) groups is 3. The van der Waals surface area contributed by atoms with Crippen LogP contribution >= 0.6 is 22.6 Å². The van der Waals surface area contributed by atoms with Crippen molar-refractivity contribution in [1.29, 1.82) is 0 Å². The lowest BCUT2D eigenvalue weighted by molar-refractivity contribution is -0.140. The van der Waals surface area contributed by atoms with Gasteiger partial charge in [-0.15, -0.1) is 0 Å². The molecule has 3 amide bonds. The number of hydrogen-bond acceptors (Lipinski definition) is 7. The van der Waals surface area contributed by atoms with Crippen LogP contribution in [0.5, 0.6) is 5.75 Å². The highest BCUT2D eigenvalue weighted by atomic mass is 127. The summed E-state index contributed by atoms with van der Waals surface area (Å²) in [5.41, 5.74) is 4.18. The van der Waals surface area contributed by atoms with Crippen LogP contribution in [0.15, 0.2) is 36.4 Å². The van der Waals surface area contributed by atoms with Gasteiger partial charge in [0.15, 0.2) is 0 Å². The highest BCUT2D eigenvalue weighted by Gasteiger charge is 2.64. The number of ether oxygens (including phenoxy) is 2. The van der Waals surface area contributed by atoms with Gasteiger partial charge in [0.1, 0.15) is 15.4 Å². The van der Waals surface area contributed by atoms with E-state index in [9.17, 15) is 22.8 Å². The largest absolute Gasteiger partial charge is 0.497 e. The molecule has 268 valence electrons. The minimum atomic E-state index is -3.77. The van der Waals surface area contributed by atoms with Gasteiger partial charge in [0, 0.05) is 47.6 Å². The Hall–Kier alpha value is -3.33. The Morgan fingerprint density at radius 3 is 2.42 bits per heavy atom. The molecule has 2 aromatic carbocycles. The molecule has 1 aromatic heterocycles. The maximum absolute atomic E-state index is 14.9. The summed E-state index contributed by atoms with van der Waals surface area (Å²) < 4.78 is 39.5. The van der Waals surface area contributed by atoms with Crippen molar-refractivity contribution in [3.63, 3.8) is 0 Å². The number of rotatable bonds is 5. The Labute approximate surface area is 307 Å². The summed E-state index contributed by atoms with van der Waals surface area (Å²) in [6, 6.07) is 11.6. The van der Waals surface area contributed by atoms with Gasteiger partial charge in [0.2, 0.25) is 15.9 Å². The number of amides is 3. The van der Waals surface area contributed by atoms with Gasteiger partial charge in [-0.1, -0.05) is 47.9 Å². The molecule has 2 saturated carbocycles. The third-order valence-corrected chi connectivity index (χ3v) is 12.3. The van der Waals surface area contributed by atoms with Crippen LogP contribution in [0.1, 0.15) is 92.6 Å². The second-order valence-electron chi connectivity index (χ2n) is 15.3. The minimum absolute atomic E-state index is 0.0431. The van der Waals surface area contributed by atoms with Crippen LogP contribution < -0.4 is 9.46 Å². The quantitative estimate of drug-likeness (QED) is 0.180. The number of benzene rings is 2. The number of nitrogens with zero attached hydrogens (tertiary/aromatic N) is 3. The van der Waals surface area contributed by atoms with Crippen molar-refractivity contribution in [2.75, 3.05) is 33.0 Å². The maximum atomic E-state index is 14.9. The lowest BCUT2D eigenvalue weighted by atomic mass is 9.81. The first-order valence-corrected chi connectivity index (χ1v) is 20.5. The average Bonchev–Trinajstić information content (AvgIpc) is 3.73. The molecule has 1 N–H and O–H groups in total. The van der Waals surface area contributed by atoms with E-state index >= 15 is 0 Å². The molecule has 0 bridgehead atoms. The summed E-state index contributed by atoms with van der Waals surface area (Å²) in [6.07, 6.45) is 6.84. The average molecular weight is 817 g/mol. The van der Waals surface area contributed by atoms with E-state index in [2.05, 4.69) is 44.0 Å². The topological polar surface area (TPSA) is 127 Å². The van der Waals surface area contributed by atoms with Crippen molar-refractivity contribution >= 4 is 61.4 Å². The Balaban J connectivity index is 1.34. The molecule has 7 rings (SSSR count). The molecule has 3 aromatic rings. The van der Waals surface area contributed by atoms with Crippen LogP contribution in [0.25, 0.3) is 22.2 Å². The number of sulfonamides is 1. The van der Waals surface area contributed by atoms with Crippen LogP contribution in [-0.4, -0.2) is 83.3 Å². The minimum Gasteiger partial charge on any atom is -0.497 e. The summed E-state index contributed by atoms with van der Waals surface area (Å²) in [5, 5.41) is 1.03. The first-order chi connectivity index (χ1) is 23.6. The fourth-order valence-corrected chi connectivity index (χ4v) is 9.86. The molecule has 11 nitrogen and oxygen atoms in total. The van der Waals surface area contributed by atoms with Crippen molar-refractivity contribution in [1.82, 2.24) is 19.1 Å². The van der Waals surface area contributed by atoms with Gasteiger partial charge in [0.25, 0.3) is 5.91 Å². The molecule has 0 spiro atoms. The molecule has 3 heterocycles. The van der Waals surface area contributed by atoms with Crippen LogP contribution in [0.2, 0.25) is 0 Å². The third-order valence-electron chi connectivity index (χ3n) is 10.7. The van der Waals surface area contributed by atoms with Gasteiger partial charge in [-0.25, -0.2) is 17.9 Å². The zero-order chi connectivity index (χ0) is 35.7. The van der Waals surface area contributed by atoms with Crippen LogP contribution in [0, 0.1) is 5.41 Å². The first-order valence-electron chi connectivity index (χ1n) is 17.4. The van der Waals surface area contributed by atoms with E-state index in [0.29, 0.717) is 38.5 Å². The monoisotopic (exact) mass is 816 g/mol. The summed E-state index contributed by atoms with van der Waals surface area (Å²) in [4.78, 5) is 44.6. The van der Waals surface area contributed by atoms with Gasteiger partial charge < -0.3 is 23.8 Å². The molecule has 1 saturated heterocycles. The number of methoxy groups -OCH3 is 1. The summed E-state index contributed by atoms with van der Waals surface area (Å²) in [6.45, 7) is 7.10. The first kappa shape index (κ1) is 35.1. The molecule has 3 fully saturated rings. The molecular weight excluding hydrogens is 771 g/mol. The van der Waals surface area contributed by atoms with Crippen molar-refractivity contribution in [3.05, 3.63) is 53.1 Å². The zero-order valence-corrected chi connectivity index (χ0v) is 32.2. The lowest BCUT2D eigenvalue weighted by Crippen LogP contribution is -2.56. The second-order valence-corrected chi connectivity index (χ2v) is 18.5. The van der Waals surface area contributed by atoms with Crippen LogP contribution in [-0.2, 0) is 26.1 Å². The predicted molar refractivity (Wildman–Crippen MR) is 199 cm³/mol. The SMILES string of the molecule is COc1ccc2c(c1)C1CC1(C(=O)N1CCN(C(=O)OC(C)(C)C)C[C@H]1I)Cn1c-2c(C2CCCCC2)c2ccc(C(=O)NS(C)(=O)=O)cc21. The second kappa shape index (κ2) is 12.7. The van der Waals surface area contributed by atoms with E-state index in [-0.39, 0.29) is 27.5 Å². The lowest BCUT2D eigenvalue weighted by Gasteiger charge is -2.41. The summed E-state index contributed by atoms with van der Waals surface area (Å²) >= 11 is 2.27. The number of halogens is 1. The number of hydrogen-bond donors (Lipinski definition) is 1. The van der Waals surface area contributed by atoms with E-state index in [4.69, 9.17) is 9.47 Å². The van der Waals surface area contributed by atoms with E-state index < -0.39 is 26.9 Å². The highest BCUT2D eigenvalue weighted by molar-refractivity contribution is 14.1. The number of carbonyl (C=O) groups excluding carboxylic acids is 3. The maximum Gasteiger partial charge on any atom is 0.410 e. The van der Waals surface area contributed by atoms with Gasteiger partial charge in [0.05, 0.1) is 31.0 Å². The number of alkyl halides is 1. The van der Waals surface area contributed by atoms with Crippen molar-refractivity contribution in [2.45, 2.75) is 87.3 Å². The number of nitrogens with one attached hydrogen (secondary N) is 1. The molecule has 3 atom stereocenters. The predicted octanol–water partition coefficient (Wildman–Crippen LogP) is 6.38. The van der Waals surface area contributed by atoms with Crippen molar-refractivity contribution in [3.8, 4) is 17.0 Å². The Morgan fingerprint density at radius 2 is 1.76 bits per heavy atom. The Kier molecular flexibility index (Phi) is 8.92. The summed E-state index contributed by atoms with van der Waals surface area (Å²) in [7, 11) is -2.11. The van der Waals surface area contributed by atoms with Gasteiger partial charge in [-0.05, 0) is 87.4 Å². The van der Waals surface area contributed by atoms with E-state index in [1.165, 1.54) is 12.0 Å². The van der Waals surface area contributed by atoms with Gasteiger partial charge in [-0.3, -0.25) is 9.59 Å². The third kappa shape index (κ3) is 6.37. The zero-order valence-electron chi connectivity index (χ0n) is 29.3. The molecular formula is C37H45IN4O7S. The van der Waals surface area contributed by atoms with Gasteiger partial charge in [-0.2, -0.15) is 0 Å². The van der Waals surface area contributed by atoms with Crippen LogP contribution in [0.4, 0.5) is 4.79 Å². The van der Waals surface area contributed by atoms with E-state index in [1.54, 1.807) is 24.1 Å². The van der Waals surface area contributed by atoms with E-state index in [1.807, 2.05) is 37.8 Å². The van der Waals surface area contributed by atoms with Crippen molar-refractivity contribution in [2.24, 2.45) is 5.41 Å². The Morgan fingerprint density at radius 1 is 1.02 bits per heavy atom. The van der Waals surface area contributed by atoms with E-state index in [0.717, 1.165) is 65.4 Å². The van der Waals surface area contributed by atoms with Gasteiger partial charge >= 0.3 is 6.09 Å². The standard InChI is InChI=1S/C37H45IN4O7S/c1-36(2,3)49-35(45)40-15-16-41(30(38)20-40)34(44)37-19-28(37)27-18-24(48-4)12-14-25(27)32-31(22-9-7-6-8-10-22)26-13-11-23(17-29(26)42(32)21-37)33(43)39-50(5,46)47/h11-14,17-18,22,28,30H,6-10,15-16,19-21H2,1-5H3,(H,39,43)/t28?,30-,37?/m0/s1. The normalized spacial score (nSPS) is 23.7. The molecule has 0 radical (unpaired) electrons. The van der Waals surface area contributed by atoms with Crippen molar-refractivity contribution < 1.29 is 32.3 Å². The molecule has 4 aliphatic rings.